The van der Waals surface area contributed by atoms with Crippen molar-refractivity contribution < 1.29 is 14.2 Å². The van der Waals surface area contributed by atoms with Crippen LogP contribution in [0.3, 0.4) is 0 Å². The summed E-state index contributed by atoms with van der Waals surface area (Å²) in [4.78, 5) is 2.34. The van der Waals surface area contributed by atoms with E-state index in [2.05, 4.69) is 23.1 Å². The second-order valence-corrected chi connectivity index (χ2v) is 5.39. The first-order valence-corrected chi connectivity index (χ1v) is 7.31. The minimum absolute atomic E-state index is 0.0960. The molecule has 3 unspecified atom stereocenters. The lowest BCUT2D eigenvalue weighted by Crippen LogP contribution is -2.33. The molecule has 5 nitrogen and oxygen atoms in total. The predicted molar refractivity (Wildman–Crippen MR) is 82.1 cm³/mol. The molecule has 0 saturated carbocycles. The van der Waals surface area contributed by atoms with Crippen LogP contribution in [-0.2, 0) is 20.8 Å². The minimum Gasteiger partial charge on any atom is -0.380 e. The van der Waals surface area contributed by atoms with Gasteiger partial charge in [-0.1, -0.05) is 24.3 Å². The van der Waals surface area contributed by atoms with E-state index in [9.17, 15) is 0 Å². The SMILES string of the molecule is COCc1ccccc1C(CN)N1CC(OC)C(OC)C1. The van der Waals surface area contributed by atoms with Gasteiger partial charge in [0.1, 0.15) is 0 Å². The summed E-state index contributed by atoms with van der Waals surface area (Å²) >= 11 is 0. The lowest BCUT2D eigenvalue weighted by atomic mass is 9.99. The third-order valence-electron chi connectivity index (χ3n) is 4.23. The maximum absolute atomic E-state index is 6.06. The summed E-state index contributed by atoms with van der Waals surface area (Å²) in [6, 6.07) is 8.47. The van der Waals surface area contributed by atoms with Gasteiger partial charge in [-0.15, -0.1) is 0 Å². The van der Waals surface area contributed by atoms with Crippen molar-refractivity contribution in [3.63, 3.8) is 0 Å². The molecule has 3 atom stereocenters. The Labute approximate surface area is 127 Å². The molecule has 1 aliphatic heterocycles. The zero-order chi connectivity index (χ0) is 15.2. The van der Waals surface area contributed by atoms with E-state index in [1.54, 1.807) is 21.3 Å². The van der Waals surface area contributed by atoms with Crippen molar-refractivity contribution in [1.82, 2.24) is 4.90 Å². The average molecular weight is 294 g/mol. The summed E-state index contributed by atoms with van der Waals surface area (Å²) in [6.45, 7) is 2.83. The van der Waals surface area contributed by atoms with E-state index in [1.165, 1.54) is 11.1 Å². The molecular formula is C16H26N2O3. The molecule has 0 aromatic heterocycles. The lowest BCUT2D eigenvalue weighted by Gasteiger charge is -2.28. The fourth-order valence-electron chi connectivity index (χ4n) is 3.10. The minimum atomic E-state index is 0.0960. The van der Waals surface area contributed by atoms with Crippen molar-refractivity contribution in [2.24, 2.45) is 5.73 Å². The maximum atomic E-state index is 6.06. The van der Waals surface area contributed by atoms with Gasteiger partial charge in [-0.05, 0) is 11.1 Å². The first-order valence-electron chi connectivity index (χ1n) is 7.31. The topological polar surface area (TPSA) is 57.0 Å². The Kier molecular flexibility index (Phi) is 6.14. The third kappa shape index (κ3) is 3.62. The van der Waals surface area contributed by atoms with Crippen LogP contribution in [0.4, 0.5) is 0 Å². The maximum Gasteiger partial charge on any atom is 0.0972 e. The second-order valence-electron chi connectivity index (χ2n) is 5.39. The van der Waals surface area contributed by atoms with Gasteiger partial charge in [-0.3, -0.25) is 4.90 Å². The van der Waals surface area contributed by atoms with Gasteiger partial charge in [0.15, 0.2) is 0 Å². The fourth-order valence-corrected chi connectivity index (χ4v) is 3.10. The number of hydrogen-bond donors (Lipinski definition) is 1. The molecular weight excluding hydrogens is 268 g/mol. The van der Waals surface area contributed by atoms with Crippen molar-refractivity contribution in [2.75, 3.05) is 41.0 Å². The Hall–Kier alpha value is -0.980. The molecule has 1 aromatic rings. The summed E-state index contributed by atoms with van der Waals surface area (Å²) in [5.41, 5.74) is 8.47. The fraction of sp³-hybridized carbons (Fsp3) is 0.625. The van der Waals surface area contributed by atoms with Gasteiger partial charge in [-0.2, -0.15) is 0 Å². The number of nitrogens with two attached hydrogens (primary N) is 1. The normalized spacial score (nSPS) is 24.4. The summed E-state index contributed by atoms with van der Waals surface area (Å²) in [7, 11) is 5.18. The molecule has 1 saturated heterocycles. The number of nitrogens with zero attached hydrogens (tertiary/aromatic N) is 1. The molecule has 0 bridgehead atoms. The number of hydrogen-bond acceptors (Lipinski definition) is 5. The van der Waals surface area contributed by atoms with E-state index in [4.69, 9.17) is 19.9 Å². The first-order chi connectivity index (χ1) is 10.2. The van der Waals surface area contributed by atoms with Crippen molar-refractivity contribution in [3.05, 3.63) is 35.4 Å². The van der Waals surface area contributed by atoms with E-state index >= 15 is 0 Å². The highest BCUT2D eigenvalue weighted by molar-refractivity contribution is 5.30. The van der Waals surface area contributed by atoms with Crippen LogP contribution in [0, 0.1) is 0 Å². The molecule has 2 rings (SSSR count). The monoisotopic (exact) mass is 294 g/mol. The van der Waals surface area contributed by atoms with E-state index in [1.807, 2.05) is 6.07 Å². The first kappa shape index (κ1) is 16.4. The van der Waals surface area contributed by atoms with Crippen LogP contribution < -0.4 is 5.73 Å². The number of benzene rings is 1. The number of methoxy groups -OCH3 is 3. The van der Waals surface area contributed by atoms with E-state index in [0.717, 1.165) is 13.1 Å². The van der Waals surface area contributed by atoms with Gasteiger partial charge in [0, 0.05) is 47.0 Å². The molecule has 118 valence electrons. The van der Waals surface area contributed by atoms with Crippen LogP contribution in [0.25, 0.3) is 0 Å². The van der Waals surface area contributed by atoms with Gasteiger partial charge in [0.05, 0.1) is 18.8 Å². The van der Waals surface area contributed by atoms with E-state index < -0.39 is 0 Å². The molecule has 2 N–H and O–H groups in total. The van der Waals surface area contributed by atoms with Gasteiger partial charge in [0.25, 0.3) is 0 Å². The lowest BCUT2D eigenvalue weighted by molar-refractivity contribution is -0.00461. The molecule has 21 heavy (non-hydrogen) atoms. The number of likely N-dealkylation sites (tertiary alicyclic amines) is 1. The van der Waals surface area contributed by atoms with Crippen LogP contribution in [0.5, 0.6) is 0 Å². The molecule has 1 heterocycles. The molecule has 0 spiro atoms. The molecule has 0 radical (unpaired) electrons. The van der Waals surface area contributed by atoms with Crippen molar-refractivity contribution in [2.45, 2.75) is 24.9 Å². The molecule has 0 amide bonds. The zero-order valence-corrected chi connectivity index (χ0v) is 13.1. The summed E-state index contributed by atoms with van der Waals surface area (Å²) in [6.07, 6.45) is 0.192. The average Bonchev–Trinajstić information content (AvgIpc) is 2.93. The van der Waals surface area contributed by atoms with Crippen LogP contribution in [0.1, 0.15) is 17.2 Å². The largest absolute Gasteiger partial charge is 0.380 e. The Bertz CT molecular complexity index is 429. The number of rotatable bonds is 7. The van der Waals surface area contributed by atoms with Crippen LogP contribution in [0.2, 0.25) is 0 Å². The van der Waals surface area contributed by atoms with Gasteiger partial charge < -0.3 is 19.9 Å². The van der Waals surface area contributed by atoms with Crippen molar-refractivity contribution in [1.29, 1.82) is 0 Å². The molecule has 0 aliphatic carbocycles. The second kappa shape index (κ2) is 7.87. The standard InChI is InChI=1S/C16H26N2O3/c1-19-11-12-6-4-5-7-13(12)14(8-17)18-9-15(20-2)16(10-18)21-3/h4-7,14-16H,8-11,17H2,1-3H3. The highest BCUT2D eigenvalue weighted by Gasteiger charge is 2.36. The van der Waals surface area contributed by atoms with Gasteiger partial charge in [-0.25, -0.2) is 0 Å². The Morgan fingerprint density at radius 3 is 2.29 bits per heavy atom. The molecule has 1 fully saturated rings. The zero-order valence-electron chi connectivity index (χ0n) is 13.1. The van der Waals surface area contributed by atoms with Crippen LogP contribution >= 0.6 is 0 Å². The molecule has 5 heteroatoms. The van der Waals surface area contributed by atoms with E-state index in [0.29, 0.717) is 13.2 Å². The summed E-state index contributed by atoms with van der Waals surface area (Å²) in [5, 5.41) is 0. The molecule has 1 aliphatic rings. The smallest absolute Gasteiger partial charge is 0.0972 e. The summed E-state index contributed by atoms with van der Waals surface area (Å²) < 4.78 is 16.3. The van der Waals surface area contributed by atoms with Gasteiger partial charge >= 0.3 is 0 Å². The van der Waals surface area contributed by atoms with Gasteiger partial charge in [0.2, 0.25) is 0 Å². The number of ether oxygens (including phenoxy) is 3. The predicted octanol–water partition coefficient (Wildman–Crippen LogP) is 1.18. The Morgan fingerprint density at radius 2 is 1.76 bits per heavy atom. The van der Waals surface area contributed by atoms with Crippen LogP contribution in [0.15, 0.2) is 24.3 Å². The quantitative estimate of drug-likeness (QED) is 0.818. The third-order valence-corrected chi connectivity index (χ3v) is 4.23. The van der Waals surface area contributed by atoms with Crippen molar-refractivity contribution >= 4 is 0 Å². The highest BCUT2D eigenvalue weighted by atomic mass is 16.5. The highest BCUT2D eigenvalue weighted by Crippen LogP contribution is 2.29. The Balaban J connectivity index is 2.20. The Morgan fingerprint density at radius 1 is 1.14 bits per heavy atom. The van der Waals surface area contributed by atoms with Crippen molar-refractivity contribution in [3.8, 4) is 0 Å². The van der Waals surface area contributed by atoms with E-state index in [-0.39, 0.29) is 18.2 Å². The molecule has 1 aromatic carbocycles. The van der Waals surface area contributed by atoms with Crippen LogP contribution in [-0.4, -0.2) is 58.1 Å². The summed E-state index contributed by atoms with van der Waals surface area (Å²) in [5.74, 6) is 0.